The van der Waals surface area contributed by atoms with Crippen molar-refractivity contribution in [1.82, 2.24) is 0 Å². The molecule has 1 aromatic rings. The van der Waals surface area contributed by atoms with Gasteiger partial charge in [0, 0.05) is 0 Å². The monoisotopic (exact) mass is 199 g/mol. The Morgan fingerprint density at radius 3 is 2.64 bits per heavy atom. The van der Waals surface area contributed by atoms with Gasteiger partial charge in [-0.05, 0) is 42.6 Å². The molecule has 0 saturated carbocycles. The number of nitrogens with two attached hydrogens (primary N) is 1. The van der Waals surface area contributed by atoms with E-state index < -0.39 is 5.82 Å². The summed E-state index contributed by atoms with van der Waals surface area (Å²) in [5.74, 6) is -0.516. The SMILES string of the molecule is CCC(CN)Cc1cc(F)ccc1F. The molecule has 0 heterocycles. The Balaban J connectivity index is 2.79. The van der Waals surface area contributed by atoms with Crippen LogP contribution in [0.1, 0.15) is 18.9 Å². The topological polar surface area (TPSA) is 26.0 Å². The maximum absolute atomic E-state index is 13.2. The lowest BCUT2D eigenvalue weighted by atomic mass is 9.97. The minimum absolute atomic E-state index is 0.228. The van der Waals surface area contributed by atoms with Crippen LogP contribution in [0.25, 0.3) is 0 Å². The molecule has 1 atom stereocenters. The molecular formula is C11H15F2N. The van der Waals surface area contributed by atoms with Crippen molar-refractivity contribution in [2.75, 3.05) is 6.54 Å². The zero-order valence-electron chi connectivity index (χ0n) is 8.26. The zero-order chi connectivity index (χ0) is 10.6. The van der Waals surface area contributed by atoms with Gasteiger partial charge < -0.3 is 5.73 Å². The highest BCUT2D eigenvalue weighted by Crippen LogP contribution is 2.15. The summed E-state index contributed by atoms with van der Waals surface area (Å²) >= 11 is 0. The summed E-state index contributed by atoms with van der Waals surface area (Å²) in [4.78, 5) is 0. The summed E-state index contributed by atoms with van der Waals surface area (Å²) in [6.07, 6.45) is 1.39. The van der Waals surface area contributed by atoms with Gasteiger partial charge in [0.2, 0.25) is 0 Å². The maximum atomic E-state index is 13.2. The molecule has 0 radical (unpaired) electrons. The fourth-order valence-electron chi connectivity index (χ4n) is 1.41. The Morgan fingerprint density at radius 2 is 2.07 bits per heavy atom. The molecule has 78 valence electrons. The first-order valence-corrected chi connectivity index (χ1v) is 4.81. The van der Waals surface area contributed by atoms with Gasteiger partial charge in [-0.25, -0.2) is 8.78 Å². The molecule has 0 aliphatic carbocycles. The van der Waals surface area contributed by atoms with Crippen molar-refractivity contribution in [1.29, 1.82) is 0 Å². The third-order valence-electron chi connectivity index (χ3n) is 2.43. The standard InChI is InChI=1S/C11H15F2N/c1-2-8(7-14)5-9-6-10(12)3-4-11(9)13/h3-4,6,8H,2,5,7,14H2,1H3. The van der Waals surface area contributed by atoms with Gasteiger partial charge in [0.1, 0.15) is 11.6 Å². The normalized spacial score (nSPS) is 12.9. The Hall–Kier alpha value is -0.960. The second-order valence-electron chi connectivity index (χ2n) is 3.45. The minimum Gasteiger partial charge on any atom is -0.330 e. The highest BCUT2D eigenvalue weighted by Gasteiger charge is 2.09. The van der Waals surface area contributed by atoms with E-state index in [2.05, 4.69) is 0 Å². The van der Waals surface area contributed by atoms with Crippen LogP contribution in [0.2, 0.25) is 0 Å². The predicted molar refractivity (Wildman–Crippen MR) is 52.9 cm³/mol. The van der Waals surface area contributed by atoms with E-state index in [4.69, 9.17) is 5.73 Å². The molecule has 3 heteroatoms. The van der Waals surface area contributed by atoms with E-state index in [0.717, 1.165) is 18.6 Å². The summed E-state index contributed by atoms with van der Waals surface area (Å²) in [6, 6.07) is 3.53. The van der Waals surface area contributed by atoms with Crippen molar-refractivity contribution in [2.24, 2.45) is 11.7 Å². The molecule has 0 saturated heterocycles. The first kappa shape index (κ1) is 11.1. The summed E-state index contributed by atoms with van der Waals surface area (Å²) in [7, 11) is 0. The molecule has 1 rings (SSSR count). The first-order valence-electron chi connectivity index (χ1n) is 4.81. The van der Waals surface area contributed by atoms with Crippen LogP contribution in [0.4, 0.5) is 8.78 Å². The van der Waals surface area contributed by atoms with Crippen molar-refractivity contribution in [3.8, 4) is 0 Å². The molecular weight excluding hydrogens is 184 g/mol. The van der Waals surface area contributed by atoms with Crippen LogP contribution in [-0.2, 0) is 6.42 Å². The van der Waals surface area contributed by atoms with E-state index in [-0.39, 0.29) is 11.7 Å². The molecule has 1 nitrogen and oxygen atoms in total. The summed E-state index contributed by atoms with van der Waals surface area (Å²) in [6.45, 7) is 2.50. The molecule has 0 fully saturated rings. The van der Waals surface area contributed by atoms with E-state index in [9.17, 15) is 8.78 Å². The Labute approximate surface area is 82.9 Å². The molecule has 1 unspecified atom stereocenters. The number of rotatable bonds is 4. The van der Waals surface area contributed by atoms with Crippen LogP contribution in [0.15, 0.2) is 18.2 Å². The molecule has 0 aliphatic rings. The minimum atomic E-state index is -0.395. The first-order chi connectivity index (χ1) is 6.67. The fourth-order valence-corrected chi connectivity index (χ4v) is 1.41. The number of benzene rings is 1. The number of hydrogen-bond acceptors (Lipinski definition) is 1. The third kappa shape index (κ3) is 2.77. The molecule has 2 N–H and O–H groups in total. The number of halogens is 2. The van der Waals surface area contributed by atoms with Crippen LogP contribution in [0.5, 0.6) is 0 Å². The van der Waals surface area contributed by atoms with Crippen molar-refractivity contribution in [3.63, 3.8) is 0 Å². The van der Waals surface area contributed by atoms with Crippen LogP contribution < -0.4 is 5.73 Å². The second kappa shape index (κ2) is 5.05. The van der Waals surface area contributed by atoms with Crippen LogP contribution >= 0.6 is 0 Å². The van der Waals surface area contributed by atoms with Gasteiger partial charge in [-0.2, -0.15) is 0 Å². The largest absolute Gasteiger partial charge is 0.330 e. The van der Waals surface area contributed by atoms with Crippen molar-refractivity contribution in [2.45, 2.75) is 19.8 Å². The van der Waals surface area contributed by atoms with E-state index in [1.54, 1.807) is 0 Å². The van der Waals surface area contributed by atoms with Gasteiger partial charge in [-0.3, -0.25) is 0 Å². The maximum Gasteiger partial charge on any atom is 0.126 e. The van der Waals surface area contributed by atoms with E-state index in [1.165, 1.54) is 6.07 Å². The quantitative estimate of drug-likeness (QED) is 0.792. The van der Waals surface area contributed by atoms with Gasteiger partial charge in [0.25, 0.3) is 0 Å². The highest BCUT2D eigenvalue weighted by molar-refractivity contribution is 5.19. The molecule has 14 heavy (non-hydrogen) atoms. The Kier molecular flexibility index (Phi) is 4.01. The predicted octanol–water partition coefficient (Wildman–Crippen LogP) is 2.49. The molecule has 0 bridgehead atoms. The van der Waals surface area contributed by atoms with Crippen molar-refractivity contribution >= 4 is 0 Å². The Bertz CT molecular complexity index is 295. The number of hydrogen-bond donors (Lipinski definition) is 1. The highest BCUT2D eigenvalue weighted by atomic mass is 19.1. The van der Waals surface area contributed by atoms with E-state index >= 15 is 0 Å². The smallest absolute Gasteiger partial charge is 0.126 e. The average Bonchev–Trinajstić information content (AvgIpc) is 2.19. The fraction of sp³-hybridized carbons (Fsp3) is 0.455. The molecule has 0 amide bonds. The van der Waals surface area contributed by atoms with Gasteiger partial charge in [0.05, 0.1) is 0 Å². The summed E-state index contributed by atoms with van der Waals surface area (Å²) in [5.41, 5.74) is 5.92. The molecule has 0 aliphatic heterocycles. The average molecular weight is 199 g/mol. The third-order valence-corrected chi connectivity index (χ3v) is 2.43. The van der Waals surface area contributed by atoms with Gasteiger partial charge in [-0.1, -0.05) is 13.3 Å². The molecule has 1 aromatic carbocycles. The van der Waals surface area contributed by atoms with Gasteiger partial charge in [0.15, 0.2) is 0 Å². The lowest BCUT2D eigenvalue weighted by Crippen LogP contribution is -2.16. The molecule has 0 aromatic heterocycles. The Morgan fingerprint density at radius 1 is 1.36 bits per heavy atom. The van der Waals surface area contributed by atoms with Crippen LogP contribution in [0.3, 0.4) is 0 Å². The van der Waals surface area contributed by atoms with E-state index in [0.29, 0.717) is 18.5 Å². The molecule has 0 spiro atoms. The van der Waals surface area contributed by atoms with E-state index in [1.807, 2.05) is 6.92 Å². The lowest BCUT2D eigenvalue weighted by Gasteiger charge is -2.12. The van der Waals surface area contributed by atoms with Crippen LogP contribution in [-0.4, -0.2) is 6.54 Å². The van der Waals surface area contributed by atoms with Crippen molar-refractivity contribution in [3.05, 3.63) is 35.4 Å². The summed E-state index contributed by atoms with van der Waals surface area (Å²) < 4.78 is 26.0. The van der Waals surface area contributed by atoms with Crippen LogP contribution in [0, 0.1) is 17.6 Å². The second-order valence-corrected chi connectivity index (χ2v) is 3.45. The summed E-state index contributed by atoms with van der Waals surface area (Å²) in [5, 5.41) is 0. The lowest BCUT2D eigenvalue weighted by molar-refractivity contribution is 0.496. The van der Waals surface area contributed by atoms with Crippen molar-refractivity contribution < 1.29 is 8.78 Å². The zero-order valence-corrected chi connectivity index (χ0v) is 8.26. The van der Waals surface area contributed by atoms with Gasteiger partial charge in [-0.15, -0.1) is 0 Å². The van der Waals surface area contributed by atoms with Gasteiger partial charge >= 0.3 is 0 Å².